The van der Waals surface area contributed by atoms with Crippen molar-refractivity contribution in [2.24, 2.45) is 11.3 Å². The topological polar surface area (TPSA) is 157 Å². The van der Waals surface area contributed by atoms with Gasteiger partial charge in [0, 0.05) is 111 Å². The lowest BCUT2D eigenvalue weighted by Gasteiger charge is -2.63. The van der Waals surface area contributed by atoms with Gasteiger partial charge in [-0.3, -0.25) is 19.4 Å². The third kappa shape index (κ3) is 5.57. The molecule has 0 radical (unpaired) electrons. The Labute approximate surface area is 364 Å². The van der Waals surface area contributed by atoms with Gasteiger partial charge in [-0.15, -0.1) is 0 Å². The number of carbonyl (C=O) groups excluding carboxylic acids is 3. The van der Waals surface area contributed by atoms with Gasteiger partial charge in [0.25, 0.3) is 0 Å². The molecule has 6 aliphatic rings. The van der Waals surface area contributed by atoms with Crippen LogP contribution in [-0.4, -0.2) is 147 Å². The van der Waals surface area contributed by atoms with Gasteiger partial charge in [0.1, 0.15) is 11.2 Å². The molecule has 2 saturated heterocycles. The number of methoxy groups -OCH3 is 3. The molecule has 14 nitrogen and oxygen atoms in total. The van der Waals surface area contributed by atoms with Gasteiger partial charge in [0.15, 0.2) is 6.10 Å². The molecule has 62 heavy (non-hydrogen) atoms. The van der Waals surface area contributed by atoms with Gasteiger partial charge >= 0.3 is 17.9 Å². The number of rotatable bonds is 8. The van der Waals surface area contributed by atoms with Crippen LogP contribution in [0.4, 0.5) is 11.4 Å². The van der Waals surface area contributed by atoms with Crippen molar-refractivity contribution in [3.63, 3.8) is 0 Å². The molecule has 0 amide bonds. The molecule has 3 N–H and O–H groups in total. The third-order valence-electron chi connectivity index (χ3n) is 16.2. The number of piperidine rings is 1. The molecular weight excluding hydrogens is 791 g/mol. The first-order valence-electron chi connectivity index (χ1n) is 22.2. The lowest BCUT2D eigenvalue weighted by molar-refractivity contribution is -0.228. The number of H-pyrrole nitrogens is 1. The quantitative estimate of drug-likeness (QED) is 0.170. The molecule has 14 heteroatoms. The minimum absolute atomic E-state index is 0.115. The first-order chi connectivity index (χ1) is 29.5. The second-order valence-corrected chi connectivity index (χ2v) is 19.3. The van der Waals surface area contributed by atoms with Crippen LogP contribution in [0.15, 0.2) is 42.5 Å². The highest BCUT2D eigenvalue weighted by atomic mass is 16.6. The van der Waals surface area contributed by atoms with Crippen molar-refractivity contribution in [1.29, 1.82) is 0 Å². The fourth-order valence-electron chi connectivity index (χ4n) is 13.8. The summed E-state index contributed by atoms with van der Waals surface area (Å²) in [6.45, 7) is 8.58. The second-order valence-electron chi connectivity index (χ2n) is 19.3. The molecule has 2 aromatic carbocycles. The number of nitrogens with zero attached hydrogens (tertiary/aromatic N) is 4. The first-order valence-corrected chi connectivity index (χ1v) is 22.2. The van der Waals surface area contributed by atoms with Crippen molar-refractivity contribution in [2.75, 3.05) is 85.0 Å². The van der Waals surface area contributed by atoms with Crippen LogP contribution in [0.5, 0.6) is 5.75 Å². The molecule has 1 spiro atoms. The summed E-state index contributed by atoms with van der Waals surface area (Å²) in [5, 5.41) is 26.5. The number of anilines is 2. The predicted octanol–water partition coefficient (Wildman–Crippen LogP) is 4.06. The summed E-state index contributed by atoms with van der Waals surface area (Å²) in [6.07, 6.45) is 5.88. The number of hydrogen-bond acceptors (Lipinski definition) is 13. The monoisotopic (exact) mass is 853 g/mol. The molecule has 334 valence electrons. The van der Waals surface area contributed by atoms with E-state index in [0.29, 0.717) is 82.6 Å². The predicted molar refractivity (Wildman–Crippen MR) is 235 cm³/mol. The molecule has 10 atom stereocenters. The Morgan fingerprint density at radius 2 is 1.71 bits per heavy atom. The minimum atomic E-state index is -2.31. The largest absolute Gasteiger partial charge is 0.496 e. The summed E-state index contributed by atoms with van der Waals surface area (Å²) >= 11 is 0. The Balaban J connectivity index is 1.37. The van der Waals surface area contributed by atoms with E-state index in [2.05, 4.69) is 56.1 Å². The minimum Gasteiger partial charge on any atom is -0.496 e. The maximum Gasteiger partial charge on any atom is 0.344 e. The van der Waals surface area contributed by atoms with Crippen molar-refractivity contribution in [3.8, 4) is 5.75 Å². The highest BCUT2D eigenvalue weighted by Gasteiger charge is 2.80. The van der Waals surface area contributed by atoms with Crippen LogP contribution < -0.4 is 14.5 Å². The van der Waals surface area contributed by atoms with E-state index in [9.17, 15) is 19.8 Å². The van der Waals surface area contributed by atoms with Gasteiger partial charge in [-0.25, -0.2) is 4.79 Å². The number of fused-ring (bicyclic) bond motifs is 6. The number of benzene rings is 2. The van der Waals surface area contributed by atoms with Crippen molar-refractivity contribution in [2.45, 2.75) is 99.5 Å². The summed E-state index contributed by atoms with van der Waals surface area (Å²) in [5.41, 5.74) is -0.722. The molecule has 9 rings (SSSR count). The van der Waals surface area contributed by atoms with Gasteiger partial charge in [0.2, 0.25) is 5.60 Å². The summed E-state index contributed by atoms with van der Waals surface area (Å²) in [4.78, 5) is 55.6. The highest BCUT2D eigenvalue weighted by Crippen LogP contribution is 2.68. The number of hydrogen-bond donors (Lipinski definition) is 3. The Bertz CT molecular complexity index is 2360. The number of carbonyl (C=O) groups is 3. The molecule has 1 saturated carbocycles. The van der Waals surface area contributed by atoms with Crippen LogP contribution in [0, 0.1) is 11.3 Å². The number of aliphatic hydroxyl groups is 2. The van der Waals surface area contributed by atoms with E-state index in [-0.39, 0.29) is 12.0 Å². The standard InChI is InChI=1S/C48H63N5O9/c1-10-44(57)24-29-25-47(42(55)60-8,38-31(15-19-52(26-29)27-44)32-21-30(50(4)5)13-14-35(32)49-38)34-22-33-36(23-37(34)59-7)51(6)40-46(33)17-20-53-18-12-16-45(11-2,39(46)53)41(62-28(3)54)48(40,58)43(56)61-9/h12-14,16,21-23,29,39-41,49,57-58H,10-11,15,17-20,24-27H2,1-9H3/t29-,39+,40-,41-,44+,45-,46-,47+,48+/m1/s1. The number of aromatic nitrogens is 1. The lowest BCUT2D eigenvalue weighted by atomic mass is 9.47. The maximum atomic E-state index is 15.5. The summed E-state index contributed by atoms with van der Waals surface area (Å²) in [7, 11) is 10.2. The number of likely N-dealkylation sites (N-methyl/N-ethyl adjacent to an activating group) is 1. The fourth-order valence-corrected chi connectivity index (χ4v) is 13.8. The van der Waals surface area contributed by atoms with Crippen molar-refractivity contribution in [3.05, 3.63) is 64.9 Å². The molecular formula is C48H63N5O9. The van der Waals surface area contributed by atoms with Crippen molar-refractivity contribution in [1.82, 2.24) is 14.8 Å². The van der Waals surface area contributed by atoms with Crippen LogP contribution >= 0.6 is 0 Å². The second kappa shape index (κ2) is 14.7. The smallest absolute Gasteiger partial charge is 0.344 e. The number of aromatic amines is 1. The number of esters is 3. The van der Waals surface area contributed by atoms with E-state index >= 15 is 4.79 Å². The van der Waals surface area contributed by atoms with E-state index in [0.717, 1.165) is 39.1 Å². The zero-order chi connectivity index (χ0) is 44.3. The molecule has 1 aromatic heterocycles. The summed E-state index contributed by atoms with van der Waals surface area (Å²) < 4.78 is 24.1. The average molecular weight is 854 g/mol. The van der Waals surface area contributed by atoms with Crippen LogP contribution in [0.2, 0.25) is 0 Å². The first kappa shape index (κ1) is 42.7. The SMILES string of the molecule is CC[C@]1(O)C[C@H]2CN(CCc3c([nH]c4ccc(N(C)C)cc34)[C@@](C(=O)OC)(c3cc4c(cc3OC)N(C)[C@H]3[C@@](O)(C(=O)OC)[C@H](OC(C)=O)[C@]5(CC)C=CCN6CC[C@]43[C@@H]65)C2)C1. The van der Waals surface area contributed by atoms with Crippen LogP contribution in [0.1, 0.15) is 75.3 Å². The van der Waals surface area contributed by atoms with Crippen LogP contribution in [0.3, 0.4) is 0 Å². The van der Waals surface area contributed by atoms with Crippen molar-refractivity contribution >= 4 is 40.2 Å². The van der Waals surface area contributed by atoms with Crippen LogP contribution in [-0.2, 0) is 45.8 Å². The molecule has 1 aliphatic carbocycles. The van der Waals surface area contributed by atoms with Gasteiger partial charge in [0.05, 0.1) is 33.0 Å². The number of ether oxygens (including phenoxy) is 4. The van der Waals surface area contributed by atoms with Gasteiger partial charge in [-0.1, -0.05) is 26.0 Å². The van der Waals surface area contributed by atoms with E-state index < -0.39 is 57.5 Å². The Kier molecular flexibility index (Phi) is 10.1. The fraction of sp³-hybridized carbons (Fsp3) is 0.604. The molecule has 3 aromatic rings. The van der Waals surface area contributed by atoms with E-state index in [4.69, 9.17) is 18.9 Å². The van der Waals surface area contributed by atoms with E-state index in [1.165, 1.54) is 21.1 Å². The van der Waals surface area contributed by atoms with Crippen molar-refractivity contribution < 1.29 is 43.5 Å². The Hall–Kier alpha value is -4.63. The maximum absolute atomic E-state index is 15.5. The van der Waals surface area contributed by atoms with Gasteiger partial charge < -0.3 is 43.9 Å². The third-order valence-corrected chi connectivity index (χ3v) is 16.2. The van der Waals surface area contributed by atoms with Gasteiger partial charge in [-0.05, 0) is 86.4 Å². The highest BCUT2D eigenvalue weighted by molar-refractivity contribution is 5.96. The molecule has 6 heterocycles. The molecule has 5 aliphatic heterocycles. The Morgan fingerprint density at radius 3 is 2.37 bits per heavy atom. The number of nitrogens with one attached hydrogen (secondary N) is 1. The van der Waals surface area contributed by atoms with E-state index in [1.54, 1.807) is 7.11 Å². The van der Waals surface area contributed by atoms with Crippen LogP contribution in [0.25, 0.3) is 10.9 Å². The molecule has 1 unspecified atom stereocenters. The zero-order valence-electron chi connectivity index (χ0n) is 37.7. The normalized spacial score (nSPS) is 35.7. The summed E-state index contributed by atoms with van der Waals surface area (Å²) in [6, 6.07) is 9.13. The van der Waals surface area contributed by atoms with E-state index in [1.807, 2.05) is 46.0 Å². The van der Waals surface area contributed by atoms with Gasteiger partial charge in [-0.2, -0.15) is 0 Å². The molecule has 2 bridgehead atoms. The Morgan fingerprint density at radius 1 is 0.952 bits per heavy atom. The summed E-state index contributed by atoms with van der Waals surface area (Å²) in [5.74, 6) is -1.60. The average Bonchev–Trinajstić information content (AvgIpc) is 3.92. The lowest BCUT2D eigenvalue weighted by Crippen LogP contribution is -2.81. The zero-order valence-corrected chi connectivity index (χ0v) is 37.7. The molecule has 3 fully saturated rings.